The number of nitrogens with two attached hydrogens (primary N) is 1. The first kappa shape index (κ1) is 12.4. The monoisotopic (exact) mass is 261 g/mol. The molecule has 0 saturated carbocycles. The Labute approximate surface area is 111 Å². The zero-order valence-electron chi connectivity index (χ0n) is 11.2. The zero-order valence-corrected chi connectivity index (χ0v) is 11.2. The van der Waals surface area contributed by atoms with E-state index in [0.717, 1.165) is 17.5 Å². The van der Waals surface area contributed by atoms with Crippen LogP contribution in [0.1, 0.15) is 25.8 Å². The van der Waals surface area contributed by atoms with E-state index in [1.807, 2.05) is 26.0 Å². The van der Waals surface area contributed by atoms with Crippen LogP contribution in [0.15, 0.2) is 23.0 Å². The minimum atomic E-state index is -0.246. The van der Waals surface area contributed by atoms with Gasteiger partial charge in [-0.15, -0.1) is 0 Å². The number of rotatable bonds is 3. The van der Waals surface area contributed by atoms with E-state index in [1.165, 1.54) is 5.56 Å². The predicted octanol–water partition coefficient (Wildman–Crippen LogP) is 1.25. The third-order valence-corrected chi connectivity index (χ3v) is 3.68. The van der Waals surface area contributed by atoms with Crippen LogP contribution in [-0.2, 0) is 10.2 Å². The van der Waals surface area contributed by atoms with Gasteiger partial charge in [0.1, 0.15) is 0 Å². The van der Waals surface area contributed by atoms with Gasteiger partial charge in [-0.25, -0.2) is 4.79 Å². The summed E-state index contributed by atoms with van der Waals surface area (Å²) in [5.41, 5.74) is 8.56. The summed E-state index contributed by atoms with van der Waals surface area (Å²) in [7, 11) is 0. The lowest BCUT2D eigenvalue weighted by Crippen LogP contribution is -2.53. The fraction of sp³-hybridized carbons (Fsp3) is 0.500. The number of hydrogen-bond donors (Lipinski definition) is 3. The van der Waals surface area contributed by atoms with Gasteiger partial charge in [-0.3, -0.25) is 0 Å². The van der Waals surface area contributed by atoms with E-state index in [9.17, 15) is 4.79 Å². The van der Waals surface area contributed by atoms with Gasteiger partial charge in [0.2, 0.25) is 0 Å². The van der Waals surface area contributed by atoms with Crippen molar-refractivity contribution in [2.45, 2.75) is 31.2 Å². The molecule has 3 rings (SSSR count). The summed E-state index contributed by atoms with van der Waals surface area (Å²) in [5, 5.41) is 0. The molecule has 0 aliphatic carbocycles. The normalized spacial score (nSPS) is 18.5. The molecule has 5 heteroatoms. The minimum Gasteiger partial charge on any atom is -0.379 e. The van der Waals surface area contributed by atoms with Crippen LogP contribution < -0.4 is 11.4 Å². The van der Waals surface area contributed by atoms with Crippen LogP contribution >= 0.6 is 0 Å². The molecule has 0 spiro atoms. The van der Waals surface area contributed by atoms with Crippen molar-refractivity contribution in [1.29, 1.82) is 0 Å². The van der Waals surface area contributed by atoms with Crippen molar-refractivity contribution in [2.75, 3.05) is 13.2 Å². The van der Waals surface area contributed by atoms with E-state index in [-0.39, 0.29) is 16.6 Å². The Morgan fingerprint density at radius 2 is 2.00 bits per heavy atom. The molecule has 1 aromatic heterocycles. The van der Waals surface area contributed by atoms with Gasteiger partial charge in [0.25, 0.3) is 0 Å². The third-order valence-electron chi connectivity index (χ3n) is 3.68. The summed E-state index contributed by atoms with van der Waals surface area (Å²) in [6.07, 6.45) is 0.861. The molecule has 1 aromatic carbocycles. The summed E-state index contributed by atoms with van der Waals surface area (Å²) in [4.78, 5) is 16.9. The Balaban J connectivity index is 2.03. The molecule has 2 heterocycles. The van der Waals surface area contributed by atoms with Crippen LogP contribution in [0, 0.1) is 0 Å². The molecule has 0 radical (unpaired) electrons. The van der Waals surface area contributed by atoms with Crippen LogP contribution in [0.4, 0.5) is 0 Å². The largest absolute Gasteiger partial charge is 0.379 e. The smallest absolute Gasteiger partial charge is 0.323 e. The van der Waals surface area contributed by atoms with E-state index in [4.69, 9.17) is 10.5 Å². The zero-order chi connectivity index (χ0) is 13.7. The van der Waals surface area contributed by atoms with Crippen molar-refractivity contribution >= 4 is 11.0 Å². The van der Waals surface area contributed by atoms with Crippen molar-refractivity contribution in [3.63, 3.8) is 0 Å². The van der Waals surface area contributed by atoms with Gasteiger partial charge in [0, 0.05) is 11.0 Å². The highest BCUT2D eigenvalue weighted by Gasteiger charge is 2.43. The summed E-state index contributed by atoms with van der Waals surface area (Å²) >= 11 is 0. The van der Waals surface area contributed by atoms with Crippen LogP contribution in [0.3, 0.4) is 0 Å². The second-order valence-electron chi connectivity index (χ2n) is 6.28. The molecule has 0 amide bonds. The number of ether oxygens (including phenoxy) is 1. The van der Waals surface area contributed by atoms with Crippen molar-refractivity contribution in [1.82, 2.24) is 9.97 Å². The molecular weight excluding hydrogens is 242 g/mol. The molecule has 0 bridgehead atoms. The number of aromatic amines is 2. The number of aromatic nitrogens is 2. The number of nitrogens with one attached hydrogen (secondary N) is 2. The topological polar surface area (TPSA) is 83.9 Å². The van der Waals surface area contributed by atoms with E-state index in [0.29, 0.717) is 13.2 Å². The van der Waals surface area contributed by atoms with Gasteiger partial charge < -0.3 is 20.4 Å². The number of imidazole rings is 1. The van der Waals surface area contributed by atoms with Crippen molar-refractivity contribution < 1.29 is 4.74 Å². The predicted molar refractivity (Wildman–Crippen MR) is 74.3 cm³/mol. The molecule has 1 aliphatic heterocycles. The number of hydrogen-bond acceptors (Lipinski definition) is 3. The Bertz CT molecular complexity index is 659. The Hall–Kier alpha value is -1.59. The lowest BCUT2D eigenvalue weighted by Gasteiger charge is -2.45. The van der Waals surface area contributed by atoms with Crippen LogP contribution in [-0.4, -0.2) is 28.7 Å². The van der Waals surface area contributed by atoms with Crippen molar-refractivity contribution in [2.24, 2.45) is 5.73 Å². The second kappa shape index (κ2) is 3.95. The SMILES string of the molecule is CC(C)(N)CC1(c2ccc3[nH]c(=O)[nH]c3c2)COC1. The van der Waals surface area contributed by atoms with Gasteiger partial charge in [0.05, 0.1) is 24.2 Å². The maximum Gasteiger partial charge on any atom is 0.323 e. The molecule has 4 N–H and O–H groups in total. The van der Waals surface area contributed by atoms with E-state index >= 15 is 0 Å². The molecule has 5 nitrogen and oxygen atoms in total. The maximum absolute atomic E-state index is 11.3. The van der Waals surface area contributed by atoms with Gasteiger partial charge in [-0.1, -0.05) is 6.07 Å². The van der Waals surface area contributed by atoms with Gasteiger partial charge in [-0.05, 0) is 38.0 Å². The van der Waals surface area contributed by atoms with Crippen LogP contribution in [0.25, 0.3) is 11.0 Å². The molecule has 2 aromatic rings. The first-order chi connectivity index (χ1) is 8.88. The lowest BCUT2D eigenvalue weighted by molar-refractivity contribution is -0.0718. The Kier molecular flexibility index (Phi) is 2.59. The van der Waals surface area contributed by atoms with E-state index in [2.05, 4.69) is 16.0 Å². The number of benzene rings is 1. The molecule has 0 atom stereocenters. The fourth-order valence-electron chi connectivity index (χ4n) is 2.95. The minimum absolute atomic E-state index is 0.0272. The fourth-order valence-corrected chi connectivity index (χ4v) is 2.95. The van der Waals surface area contributed by atoms with Crippen LogP contribution in [0.5, 0.6) is 0 Å². The highest BCUT2D eigenvalue weighted by atomic mass is 16.5. The average molecular weight is 261 g/mol. The molecule has 0 unspecified atom stereocenters. The van der Waals surface area contributed by atoms with Crippen molar-refractivity contribution in [3.05, 3.63) is 34.2 Å². The standard InChI is InChI=1S/C14H19N3O2/c1-13(2,15)6-14(7-19-8-14)9-3-4-10-11(5-9)17-12(18)16-10/h3-5H,6-8,15H2,1-2H3,(H2,16,17,18). The second-order valence-corrected chi connectivity index (χ2v) is 6.28. The molecule has 19 heavy (non-hydrogen) atoms. The van der Waals surface area contributed by atoms with E-state index in [1.54, 1.807) is 0 Å². The van der Waals surface area contributed by atoms with Crippen LogP contribution in [0.2, 0.25) is 0 Å². The van der Waals surface area contributed by atoms with Gasteiger partial charge in [-0.2, -0.15) is 0 Å². The number of H-pyrrole nitrogens is 2. The average Bonchev–Trinajstić information content (AvgIpc) is 2.61. The molecule has 102 valence electrons. The summed E-state index contributed by atoms with van der Waals surface area (Å²) in [6.45, 7) is 5.44. The quantitative estimate of drug-likeness (QED) is 0.777. The summed E-state index contributed by atoms with van der Waals surface area (Å²) in [6, 6.07) is 6.02. The van der Waals surface area contributed by atoms with Gasteiger partial charge >= 0.3 is 5.69 Å². The summed E-state index contributed by atoms with van der Waals surface area (Å²) < 4.78 is 5.42. The first-order valence-electron chi connectivity index (χ1n) is 6.47. The Morgan fingerprint density at radius 1 is 1.32 bits per heavy atom. The third kappa shape index (κ3) is 2.19. The van der Waals surface area contributed by atoms with E-state index < -0.39 is 0 Å². The number of fused-ring (bicyclic) bond motifs is 1. The highest BCUT2D eigenvalue weighted by Crippen LogP contribution is 2.39. The van der Waals surface area contributed by atoms with Gasteiger partial charge in [0.15, 0.2) is 0 Å². The highest BCUT2D eigenvalue weighted by molar-refractivity contribution is 5.75. The maximum atomic E-state index is 11.3. The Morgan fingerprint density at radius 3 is 2.58 bits per heavy atom. The summed E-state index contributed by atoms with van der Waals surface area (Å²) in [5.74, 6) is 0. The molecule has 1 fully saturated rings. The molecule has 1 aliphatic rings. The molecular formula is C14H19N3O2. The first-order valence-corrected chi connectivity index (χ1v) is 6.47. The van der Waals surface area contributed by atoms with Crippen molar-refractivity contribution in [3.8, 4) is 0 Å². The lowest BCUT2D eigenvalue weighted by atomic mass is 9.71. The molecule has 1 saturated heterocycles.